The molecule has 17 heavy (non-hydrogen) atoms. The van der Waals surface area contributed by atoms with Crippen LogP contribution < -0.4 is 10.2 Å². The first kappa shape index (κ1) is 13.8. The second-order valence-electron chi connectivity index (χ2n) is 4.34. The first-order valence-electron chi connectivity index (χ1n) is 6.36. The Morgan fingerprint density at radius 1 is 1.35 bits per heavy atom. The van der Waals surface area contributed by atoms with E-state index in [1.165, 1.54) is 11.3 Å². The van der Waals surface area contributed by atoms with Crippen LogP contribution in [0.4, 0.5) is 5.69 Å². The molecule has 0 amide bonds. The molecule has 0 saturated carbocycles. The van der Waals surface area contributed by atoms with Gasteiger partial charge in [0.05, 0.1) is 0 Å². The van der Waals surface area contributed by atoms with E-state index in [0.29, 0.717) is 6.04 Å². The third kappa shape index (κ3) is 3.90. The van der Waals surface area contributed by atoms with Crippen molar-refractivity contribution in [2.75, 3.05) is 25.0 Å². The predicted molar refractivity (Wildman–Crippen MR) is 76.6 cm³/mol. The van der Waals surface area contributed by atoms with Gasteiger partial charge in [0.15, 0.2) is 0 Å². The first-order chi connectivity index (χ1) is 8.22. The van der Waals surface area contributed by atoms with Crippen molar-refractivity contribution in [1.29, 1.82) is 0 Å². The minimum atomic E-state index is 0.406. The minimum absolute atomic E-state index is 0.406. The van der Waals surface area contributed by atoms with Gasteiger partial charge in [-0.2, -0.15) is 0 Å². The Bertz CT molecular complexity index is 329. The minimum Gasteiger partial charge on any atom is -0.368 e. The Kier molecular flexibility index (Phi) is 5.78. The maximum absolute atomic E-state index is 3.82. The summed E-state index contributed by atoms with van der Waals surface area (Å²) in [5.74, 6) is 0. The molecule has 0 bridgehead atoms. The van der Waals surface area contributed by atoms with Crippen LogP contribution >= 0.6 is 0 Å². The highest BCUT2D eigenvalue weighted by atomic mass is 15.1. The van der Waals surface area contributed by atoms with E-state index in [9.17, 15) is 0 Å². The van der Waals surface area contributed by atoms with E-state index in [0.717, 1.165) is 19.5 Å². The summed E-state index contributed by atoms with van der Waals surface area (Å²) in [4.78, 5) is 2.35. The number of nitrogens with zero attached hydrogens (tertiary/aromatic N) is 1. The summed E-state index contributed by atoms with van der Waals surface area (Å²) in [6.45, 7) is 10.2. The van der Waals surface area contributed by atoms with E-state index < -0.39 is 0 Å². The highest BCUT2D eigenvalue weighted by molar-refractivity contribution is 5.48. The van der Waals surface area contributed by atoms with Gasteiger partial charge in [-0.25, -0.2) is 0 Å². The van der Waals surface area contributed by atoms with E-state index in [1.54, 1.807) is 0 Å². The average Bonchev–Trinajstić information content (AvgIpc) is 2.38. The summed E-state index contributed by atoms with van der Waals surface area (Å²) in [6, 6.07) is 9.19. The Labute approximate surface area is 105 Å². The van der Waals surface area contributed by atoms with Gasteiger partial charge >= 0.3 is 0 Å². The summed E-state index contributed by atoms with van der Waals surface area (Å²) in [7, 11) is 1.99. The van der Waals surface area contributed by atoms with Crippen LogP contribution in [0.25, 0.3) is 0 Å². The maximum Gasteiger partial charge on any atom is 0.0369 e. The molecular weight excluding hydrogens is 208 g/mol. The molecule has 2 nitrogen and oxygen atoms in total. The van der Waals surface area contributed by atoms with E-state index in [2.05, 4.69) is 54.9 Å². The topological polar surface area (TPSA) is 15.3 Å². The Balaban J connectivity index is 2.79. The third-order valence-corrected chi connectivity index (χ3v) is 3.03. The molecule has 1 N–H and O–H groups in total. The van der Waals surface area contributed by atoms with E-state index >= 15 is 0 Å². The molecule has 1 aromatic rings. The second kappa shape index (κ2) is 7.13. The average molecular weight is 232 g/mol. The van der Waals surface area contributed by atoms with Crippen LogP contribution in [-0.2, 0) is 0 Å². The normalized spacial score (nSPS) is 12.2. The standard InChI is InChI=1S/C15H24N2/c1-5-11-17(12-6-2)15-9-7-14(8-10-15)13(3)16-4/h5,7-10,13,16H,1,6,11-12H2,2-4H3. The van der Waals surface area contributed by atoms with Crippen LogP contribution in [0.1, 0.15) is 31.9 Å². The maximum atomic E-state index is 3.82. The predicted octanol–water partition coefficient (Wildman–Crippen LogP) is 3.37. The molecule has 0 heterocycles. The molecule has 0 spiro atoms. The largest absolute Gasteiger partial charge is 0.368 e. The van der Waals surface area contributed by atoms with Crippen molar-refractivity contribution in [3.05, 3.63) is 42.5 Å². The fourth-order valence-corrected chi connectivity index (χ4v) is 1.89. The summed E-state index contributed by atoms with van der Waals surface area (Å²) < 4.78 is 0. The van der Waals surface area contributed by atoms with Crippen LogP contribution in [0.3, 0.4) is 0 Å². The SMILES string of the molecule is C=CCN(CCC)c1ccc(C(C)NC)cc1. The highest BCUT2D eigenvalue weighted by Crippen LogP contribution is 2.19. The van der Waals surface area contributed by atoms with E-state index in [-0.39, 0.29) is 0 Å². The van der Waals surface area contributed by atoms with Gasteiger partial charge < -0.3 is 10.2 Å². The van der Waals surface area contributed by atoms with Gasteiger partial charge in [0.1, 0.15) is 0 Å². The molecule has 0 fully saturated rings. The van der Waals surface area contributed by atoms with Gasteiger partial charge in [-0.1, -0.05) is 25.1 Å². The lowest BCUT2D eigenvalue weighted by Gasteiger charge is -2.23. The van der Waals surface area contributed by atoms with E-state index in [1.807, 2.05) is 13.1 Å². The van der Waals surface area contributed by atoms with Crippen LogP contribution in [0.2, 0.25) is 0 Å². The summed E-state index contributed by atoms with van der Waals surface area (Å²) in [5.41, 5.74) is 2.60. The summed E-state index contributed by atoms with van der Waals surface area (Å²) in [5, 5.41) is 3.25. The Hall–Kier alpha value is -1.28. The molecule has 0 aliphatic rings. The zero-order valence-electron chi connectivity index (χ0n) is 11.2. The Morgan fingerprint density at radius 3 is 2.47 bits per heavy atom. The van der Waals surface area contributed by atoms with Crippen LogP contribution in [0.5, 0.6) is 0 Å². The van der Waals surface area contributed by atoms with Crippen molar-refractivity contribution < 1.29 is 0 Å². The molecule has 1 aromatic carbocycles. The van der Waals surface area contributed by atoms with Crippen molar-refractivity contribution in [2.45, 2.75) is 26.3 Å². The van der Waals surface area contributed by atoms with Gasteiger partial charge in [0, 0.05) is 24.8 Å². The van der Waals surface area contributed by atoms with Crippen molar-refractivity contribution in [3.8, 4) is 0 Å². The number of benzene rings is 1. The van der Waals surface area contributed by atoms with Crippen molar-refractivity contribution in [1.82, 2.24) is 5.32 Å². The summed E-state index contributed by atoms with van der Waals surface area (Å²) >= 11 is 0. The van der Waals surface area contributed by atoms with Gasteiger partial charge in [0.2, 0.25) is 0 Å². The molecule has 0 aliphatic carbocycles. The molecule has 1 rings (SSSR count). The van der Waals surface area contributed by atoms with Crippen LogP contribution in [-0.4, -0.2) is 20.1 Å². The number of rotatable bonds is 7. The zero-order chi connectivity index (χ0) is 12.7. The molecule has 1 unspecified atom stereocenters. The third-order valence-electron chi connectivity index (χ3n) is 3.03. The summed E-state index contributed by atoms with van der Waals surface area (Å²) in [6.07, 6.45) is 3.11. The molecular formula is C15H24N2. The quantitative estimate of drug-likeness (QED) is 0.725. The molecule has 0 aromatic heterocycles. The molecule has 0 radical (unpaired) electrons. The number of hydrogen-bond acceptors (Lipinski definition) is 2. The molecule has 94 valence electrons. The monoisotopic (exact) mass is 232 g/mol. The Morgan fingerprint density at radius 2 is 2.00 bits per heavy atom. The van der Waals surface area contributed by atoms with Gasteiger partial charge in [0.25, 0.3) is 0 Å². The van der Waals surface area contributed by atoms with Gasteiger partial charge in [-0.05, 0) is 38.1 Å². The van der Waals surface area contributed by atoms with E-state index in [4.69, 9.17) is 0 Å². The smallest absolute Gasteiger partial charge is 0.0369 e. The van der Waals surface area contributed by atoms with Crippen molar-refractivity contribution in [2.24, 2.45) is 0 Å². The van der Waals surface area contributed by atoms with Crippen LogP contribution in [0.15, 0.2) is 36.9 Å². The lowest BCUT2D eigenvalue weighted by Crippen LogP contribution is -2.24. The fraction of sp³-hybridized carbons (Fsp3) is 0.467. The highest BCUT2D eigenvalue weighted by Gasteiger charge is 2.05. The van der Waals surface area contributed by atoms with Gasteiger partial charge in [-0.3, -0.25) is 0 Å². The van der Waals surface area contributed by atoms with Crippen LogP contribution in [0, 0.1) is 0 Å². The number of anilines is 1. The number of nitrogens with one attached hydrogen (secondary N) is 1. The molecule has 0 aliphatic heterocycles. The fourth-order valence-electron chi connectivity index (χ4n) is 1.89. The van der Waals surface area contributed by atoms with Crippen molar-refractivity contribution in [3.63, 3.8) is 0 Å². The second-order valence-corrected chi connectivity index (χ2v) is 4.34. The number of hydrogen-bond donors (Lipinski definition) is 1. The first-order valence-corrected chi connectivity index (χ1v) is 6.36. The molecule has 0 saturated heterocycles. The lowest BCUT2D eigenvalue weighted by molar-refractivity contribution is 0.652. The van der Waals surface area contributed by atoms with Crippen molar-refractivity contribution >= 4 is 5.69 Å². The lowest BCUT2D eigenvalue weighted by atomic mass is 10.1. The molecule has 2 heteroatoms. The molecule has 1 atom stereocenters. The zero-order valence-corrected chi connectivity index (χ0v) is 11.2. The van der Waals surface area contributed by atoms with Gasteiger partial charge in [-0.15, -0.1) is 6.58 Å².